The second kappa shape index (κ2) is 9.43. The molecule has 3 aromatic rings. The predicted octanol–water partition coefficient (Wildman–Crippen LogP) is 5.04. The number of carbonyl (C=O) groups excluding carboxylic acids is 1. The Morgan fingerprint density at radius 2 is 1.91 bits per heavy atom. The van der Waals surface area contributed by atoms with Gasteiger partial charge in [0.05, 0.1) is 16.8 Å². The van der Waals surface area contributed by atoms with E-state index in [0.29, 0.717) is 35.8 Å². The Hall–Kier alpha value is -3.06. The maximum atomic E-state index is 13.2. The molecular formula is C26H32N6O. The van der Waals surface area contributed by atoms with E-state index in [2.05, 4.69) is 44.3 Å². The molecule has 0 spiro atoms. The Bertz CT molecular complexity index is 1130. The molecule has 0 atom stereocenters. The molecule has 0 unspecified atom stereocenters. The molecule has 7 heteroatoms. The fourth-order valence-electron chi connectivity index (χ4n) is 4.52. The van der Waals surface area contributed by atoms with Crippen molar-refractivity contribution in [3.63, 3.8) is 0 Å². The van der Waals surface area contributed by atoms with Crippen LogP contribution in [0, 0.1) is 5.92 Å². The number of hydrogen-bond acceptors (Lipinski definition) is 7. The fourth-order valence-corrected chi connectivity index (χ4v) is 4.52. The zero-order valence-electron chi connectivity index (χ0n) is 19.4. The lowest BCUT2D eigenvalue weighted by Crippen LogP contribution is -2.38. The molecule has 2 aliphatic rings. The van der Waals surface area contributed by atoms with Crippen LogP contribution in [0.5, 0.6) is 0 Å². The average molecular weight is 445 g/mol. The van der Waals surface area contributed by atoms with E-state index in [1.165, 1.54) is 0 Å². The standard InChI is InChI=1S/C26H32N6O/c1-17(2)32-11-8-18(9-12-32)13-24(33)21-16-28-26(14-23(21)29-20-4-5-20)31-25-6-3-19-15-27-10-7-22(19)30-25/h3,6-7,10,14-18,20H,4-5,8-9,11-13H2,1-2H3,(H2,28,29,30,31). The fraction of sp³-hybridized carbons (Fsp3) is 0.462. The topological polar surface area (TPSA) is 83.0 Å². The third-order valence-electron chi connectivity index (χ3n) is 6.74. The van der Waals surface area contributed by atoms with Crippen LogP contribution in [0.4, 0.5) is 17.3 Å². The monoisotopic (exact) mass is 444 g/mol. The van der Waals surface area contributed by atoms with Crippen LogP contribution in [-0.4, -0.2) is 50.8 Å². The first-order valence-electron chi connectivity index (χ1n) is 12.1. The van der Waals surface area contributed by atoms with Gasteiger partial charge in [-0.3, -0.25) is 9.78 Å². The number of Topliss-reactive ketones (excluding diaryl/α,β-unsaturated/α-hetero) is 1. The van der Waals surface area contributed by atoms with Gasteiger partial charge in [0.2, 0.25) is 0 Å². The molecule has 4 heterocycles. The normalized spacial score (nSPS) is 17.4. The zero-order valence-corrected chi connectivity index (χ0v) is 19.4. The Labute approximate surface area is 195 Å². The summed E-state index contributed by atoms with van der Waals surface area (Å²) >= 11 is 0. The average Bonchev–Trinajstić information content (AvgIpc) is 3.63. The van der Waals surface area contributed by atoms with E-state index in [9.17, 15) is 4.79 Å². The highest BCUT2D eigenvalue weighted by molar-refractivity contribution is 6.01. The van der Waals surface area contributed by atoms with E-state index in [1.807, 2.05) is 24.3 Å². The first-order chi connectivity index (χ1) is 16.0. The van der Waals surface area contributed by atoms with Crippen LogP contribution in [-0.2, 0) is 0 Å². The van der Waals surface area contributed by atoms with E-state index < -0.39 is 0 Å². The molecule has 172 valence electrons. The summed E-state index contributed by atoms with van der Waals surface area (Å²) < 4.78 is 0. The van der Waals surface area contributed by atoms with E-state index in [4.69, 9.17) is 0 Å². The van der Waals surface area contributed by atoms with Crippen molar-refractivity contribution in [2.75, 3.05) is 23.7 Å². The van der Waals surface area contributed by atoms with Gasteiger partial charge in [0, 0.05) is 48.5 Å². The molecule has 1 aliphatic heterocycles. The first kappa shape index (κ1) is 21.8. The van der Waals surface area contributed by atoms with Gasteiger partial charge >= 0.3 is 0 Å². The summed E-state index contributed by atoms with van der Waals surface area (Å²) in [5, 5.41) is 7.83. The van der Waals surface area contributed by atoms with Crippen molar-refractivity contribution in [3.8, 4) is 0 Å². The molecule has 0 amide bonds. The first-order valence-corrected chi connectivity index (χ1v) is 12.1. The van der Waals surface area contributed by atoms with Crippen LogP contribution in [0.15, 0.2) is 42.9 Å². The summed E-state index contributed by atoms with van der Waals surface area (Å²) in [6, 6.07) is 8.78. The van der Waals surface area contributed by atoms with Gasteiger partial charge in [0.15, 0.2) is 5.78 Å². The van der Waals surface area contributed by atoms with Gasteiger partial charge in [-0.15, -0.1) is 0 Å². The van der Waals surface area contributed by atoms with Gasteiger partial charge in [0.25, 0.3) is 0 Å². The summed E-state index contributed by atoms with van der Waals surface area (Å²) in [5.41, 5.74) is 2.46. The second-order valence-corrected chi connectivity index (χ2v) is 9.62. The maximum Gasteiger partial charge on any atom is 0.166 e. The lowest BCUT2D eigenvalue weighted by Gasteiger charge is -2.34. The van der Waals surface area contributed by atoms with Crippen molar-refractivity contribution >= 4 is 34.0 Å². The number of nitrogens with zero attached hydrogens (tertiary/aromatic N) is 4. The summed E-state index contributed by atoms with van der Waals surface area (Å²) in [6.45, 7) is 6.65. The number of pyridine rings is 3. The number of ketones is 1. The molecule has 7 nitrogen and oxygen atoms in total. The SMILES string of the molecule is CC(C)N1CCC(CC(=O)c2cnc(Nc3ccc4cnccc4n3)cc2NC2CC2)CC1. The zero-order chi connectivity index (χ0) is 22.8. The van der Waals surface area contributed by atoms with Gasteiger partial charge in [-0.25, -0.2) is 9.97 Å². The van der Waals surface area contributed by atoms with Gasteiger partial charge in [-0.2, -0.15) is 0 Å². The van der Waals surface area contributed by atoms with Crippen molar-refractivity contribution in [1.82, 2.24) is 19.9 Å². The highest BCUT2D eigenvalue weighted by Gasteiger charge is 2.27. The van der Waals surface area contributed by atoms with Crippen molar-refractivity contribution in [3.05, 3.63) is 48.4 Å². The number of likely N-dealkylation sites (tertiary alicyclic amines) is 1. The smallest absolute Gasteiger partial charge is 0.166 e. The highest BCUT2D eigenvalue weighted by Crippen LogP contribution is 2.31. The van der Waals surface area contributed by atoms with Crippen LogP contribution in [0.3, 0.4) is 0 Å². The number of fused-ring (bicyclic) bond motifs is 1. The predicted molar refractivity (Wildman–Crippen MR) is 132 cm³/mol. The number of carbonyl (C=O) groups is 1. The minimum Gasteiger partial charge on any atom is -0.382 e. The quantitative estimate of drug-likeness (QED) is 0.471. The Morgan fingerprint density at radius 1 is 1.09 bits per heavy atom. The van der Waals surface area contributed by atoms with Gasteiger partial charge in [0.1, 0.15) is 11.6 Å². The van der Waals surface area contributed by atoms with Crippen LogP contribution < -0.4 is 10.6 Å². The molecule has 1 saturated carbocycles. The lowest BCUT2D eigenvalue weighted by molar-refractivity contribution is 0.0912. The number of hydrogen-bond donors (Lipinski definition) is 2. The molecule has 0 aromatic carbocycles. The molecule has 1 saturated heterocycles. The summed E-state index contributed by atoms with van der Waals surface area (Å²) in [7, 11) is 0. The Kier molecular flexibility index (Phi) is 6.22. The molecule has 33 heavy (non-hydrogen) atoms. The molecule has 1 aliphatic carbocycles. The van der Waals surface area contributed by atoms with Gasteiger partial charge in [-0.1, -0.05) is 0 Å². The van der Waals surface area contributed by atoms with Crippen LogP contribution in [0.1, 0.15) is 56.3 Å². The summed E-state index contributed by atoms with van der Waals surface area (Å²) in [5.74, 6) is 2.04. The molecule has 5 rings (SSSR count). The van der Waals surface area contributed by atoms with Crippen molar-refractivity contribution in [2.24, 2.45) is 5.92 Å². The highest BCUT2D eigenvalue weighted by atomic mass is 16.1. The van der Waals surface area contributed by atoms with Crippen molar-refractivity contribution in [2.45, 2.75) is 58.0 Å². The Morgan fingerprint density at radius 3 is 2.67 bits per heavy atom. The third-order valence-corrected chi connectivity index (χ3v) is 6.74. The molecule has 0 bridgehead atoms. The summed E-state index contributed by atoms with van der Waals surface area (Å²) in [6.07, 6.45) is 10.3. The third kappa shape index (κ3) is 5.30. The number of anilines is 3. The molecule has 2 N–H and O–H groups in total. The number of nitrogens with one attached hydrogen (secondary N) is 2. The van der Waals surface area contributed by atoms with Gasteiger partial charge in [-0.05, 0) is 76.7 Å². The number of piperidine rings is 1. The van der Waals surface area contributed by atoms with Crippen LogP contribution in [0.25, 0.3) is 10.9 Å². The van der Waals surface area contributed by atoms with E-state index >= 15 is 0 Å². The minimum absolute atomic E-state index is 0.191. The molecule has 2 fully saturated rings. The van der Waals surface area contributed by atoms with Crippen molar-refractivity contribution in [1.29, 1.82) is 0 Å². The van der Waals surface area contributed by atoms with E-state index in [0.717, 1.165) is 61.2 Å². The van der Waals surface area contributed by atoms with Crippen molar-refractivity contribution < 1.29 is 4.79 Å². The summed E-state index contributed by atoms with van der Waals surface area (Å²) in [4.78, 5) is 29.1. The molecule has 3 aromatic heterocycles. The Balaban J connectivity index is 1.30. The molecule has 0 radical (unpaired) electrons. The number of aromatic nitrogens is 3. The molecular weight excluding hydrogens is 412 g/mol. The lowest BCUT2D eigenvalue weighted by atomic mass is 9.89. The van der Waals surface area contributed by atoms with Gasteiger partial charge < -0.3 is 15.5 Å². The van der Waals surface area contributed by atoms with Crippen LogP contribution >= 0.6 is 0 Å². The largest absolute Gasteiger partial charge is 0.382 e. The minimum atomic E-state index is 0.191. The maximum absolute atomic E-state index is 13.2. The number of rotatable bonds is 8. The second-order valence-electron chi connectivity index (χ2n) is 9.62. The van der Waals surface area contributed by atoms with E-state index in [-0.39, 0.29) is 5.78 Å². The van der Waals surface area contributed by atoms with Crippen LogP contribution in [0.2, 0.25) is 0 Å². The van der Waals surface area contributed by atoms with E-state index in [1.54, 1.807) is 18.6 Å².